The van der Waals surface area contributed by atoms with Crippen LogP contribution in [0, 0.1) is 0 Å². The molecule has 1 aliphatic heterocycles. The molecule has 0 aromatic rings. The van der Waals surface area contributed by atoms with Crippen molar-refractivity contribution in [3.05, 3.63) is 0 Å². The van der Waals surface area contributed by atoms with Crippen LogP contribution in [0.25, 0.3) is 0 Å². The van der Waals surface area contributed by atoms with Crippen molar-refractivity contribution in [1.29, 1.82) is 0 Å². The number of likely N-dealkylation sites (tertiary alicyclic amines) is 1. The molecule has 0 radical (unpaired) electrons. The normalized spacial score (nSPS) is 22.0. The third-order valence-electron chi connectivity index (χ3n) is 2.15. The van der Waals surface area contributed by atoms with Crippen LogP contribution in [0.1, 0.15) is 27.2 Å². The number of hydrogen-bond acceptors (Lipinski definition) is 4. The topological polar surface area (TPSA) is 72.6 Å². The van der Waals surface area contributed by atoms with E-state index in [2.05, 4.69) is 0 Å². The second-order valence-corrected chi connectivity index (χ2v) is 4.74. The Hall–Kier alpha value is -1.10. The average molecular weight is 214 g/mol. The van der Waals surface area contributed by atoms with Crippen LogP contribution in [-0.2, 0) is 9.53 Å². The summed E-state index contributed by atoms with van der Waals surface area (Å²) in [6, 6.07) is -0.202. The number of ketones is 1. The molecule has 0 bridgehead atoms. The average Bonchev–Trinajstić information content (AvgIpc) is 2.43. The molecule has 1 amide bonds. The molecule has 1 unspecified atom stereocenters. The third kappa shape index (κ3) is 3.20. The van der Waals surface area contributed by atoms with Crippen molar-refractivity contribution in [3.63, 3.8) is 0 Å². The first-order chi connectivity index (χ1) is 6.83. The minimum Gasteiger partial charge on any atom is -0.444 e. The standard InChI is InChI=1S/C10H18N2O3/c1-10(2,3)15-9(14)12-6-8(13)4-7(12)5-11/h7H,4-6,11H2,1-3H3. The SMILES string of the molecule is CC(C)(C)OC(=O)N1CC(=O)CC1CN. The molecule has 1 saturated heterocycles. The lowest BCUT2D eigenvalue weighted by molar-refractivity contribution is -0.117. The molecule has 15 heavy (non-hydrogen) atoms. The highest BCUT2D eigenvalue weighted by Gasteiger charge is 2.35. The summed E-state index contributed by atoms with van der Waals surface area (Å²) in [6.45, 7) is 5.79. The van der Waals surface area contributed by atoms with E-state index in [1.807, 2.05) is 0 Å². The molecular formula is C10H18N2O3. The van der Waals surface area contributed by atoms with Crippen LogP contribution >= 0.6 is 0 Å². The largest absolute Gasteiger partial charge is 0.444 e. The van der Waals surface area contributed by atoms with E-state index < -0.39 is 11.7 Å². The summed E-state index contributed by atoms with van der Waals surface area (Å²) in [5.41, 5.74) is 4.95. The summed E-state index contributed by atoms with van der Waals surface area (Å²) in [5, 5.41) is 0. The number of nitrogens with zero attached hydrogens (tertiary/aromatic N) is 1. The molecule has 1 aliphatic rings. The first-order valence-corrected chi connectivity index (χ1v) is 5.05. The maximum Gasteiger partial charge on any atom is 0.410 e. The molecule has 5 heteroatoms. The van der Waals surface area contributed by atoms with Crippen LogP contribution in [0.15, 0.2) is 0 Å². The lowest BCUT2D eigenvalue weighted by atomic mass is 10.2. The van der Waals surface area contributed by atoms with E-state index in [1.54, 1.807) is 20.8 Å². The van der Waals surface area contributed by atoms with E-state index in [1.165, 1.54) is 4.90 Å². The number of carbonyl (C=O) groups excluding carboxylic acids is 2. The molecule has 0 spiro atoms. The van der Waals surface area contributed by atoms with Crippen molar-refractivity contribution in [2.45, 2.75) is 38.8 Å². The summed E-state index contributed by atoms with van der Waals surface area (Å²) in [5.74, 6) is 0.0382. The van der Waals surface area contributed by atoms with Gasteiger partial charge in [-0.3, -0.25) is 9.69 Å². The highest BCUT2D eigenvalue weighted by Crippen LogP contribution is 2.17. The Morgan fingerprint density at radius 2 is 2.20 bits per heavy atom. The fourth-order valence-corrected chi connectivity index (χ4v) is 1.50. The van der Waals surface area contributed by atoms with Gasteiger partial charge in [0.25, 0.3) is 0 Å². The maximum absolute atomic E-state index is 11.7. The van der Waals surface area contributed by atoms with Gasteiger partial charge in [0.1, 0.15) is 5.60 Å². The molecule has 0 aliphatic carbocycles. The Kier molecular flexibility index (Phi) is 3.34. The first-order valence-electron chi connectivity index (χ1n) is 5.05. The predicted molar refractivity (Wildman–Crippen MR) is 55.4 cm³/mol. The maximum atomic E-state index is 11.7. The van der Waals surface area contributed by atoms with Crippen molar-refractivity contribution in [2.24, 2.45) is 5.73 Å². The molecule has 1 fully saturated rings. The Bertz CT molecular complexity index is 270. The fraction of sp³-hybridized carbons (Fsp3) is 0.800. The minimum absolute atomic E-state index is 0.0382. The van der Waals surface area contributed by atoms with E-state index in [-0.39, 0.29) is 18.4 Å². The van der Waals surface area contributed by atoms with Gasteiger partial charge in [0.15, 0.2) is 5.78 Å². The molecular weight excluding hydrogens is 196 g/mol. The van der Waals surface area contributed by atoms with Gasteiger partial charge in [0, 0.05) is 13.0 Å². The molecule has 5 nitrogen and oxygen atoms in total. The van der Waals surface area contributed by atoms with Gasteiger partial charge >= 0.3 is 6.09 Å². The quantitative estimate of drug-likeness (QED) is 0.690. The Morgan fingerprint density at radius 3 is 2.67 bits per heavy atom. The van der Waals surface area contributed by atoms with Gasteiger partial charge in [-0.2, -0.15) is 0 Å². The zero-order valence-corrected chi connectivity index (χ0v) is 9.45. The van der Waals surface area contributed by atoms with E-state index >= 15 is 0 Å². The van der Waals surface area contributed by atoms with Crippen LogP contribution in [0.3, 0.4) is 0 Å². The summed E-state index contributed by atoms with van der Waals surface area (Å²) >= 11 is 0. The van der Waals surface area contributed by atoms with Crippen molar-refractivity contribution in [1.82, 2.24) is 4.90 Å². The monoisotopic (exact) mass is 214 g/mol. The number of ether oxygens (including phenoxy) is 1. The van der Waals surface area contributed by atoms with Gasteiger partial charge in [0.2, 0.25) is 0 Å². The van der Waals surface area contributed by atoms with Crippen LogP contribution in [0.4, 0.5) is 4.79 Å². The first kappa shape index (κ1) is 12.0. The molecule has 1 atom stereocenters. The number of hydrogen-bond donors (Lipinski definition) is 1. The number of nitrogens with two attached hydrogens (primary N) is 1. The van der Waals surface area contributed by atoms with E-state index in [9.17, 15) is 9.59 Å². The Morgan fingerprint density at radius 1 is 1.60 bits per heavy atom. The van der Waals surface area contributed by atoms with Gasteiger partial charge in [-0.05, 0) is 20.8 Å². The number of amides is 1. The van der Waals surface area contributed by atoms with Crippen LogP contribution in [-0.4, -0.2) is 41.5 Å². The molecule has 1 heterocycles. The van der Waals surface area contributed by atoms with Crippen LogP contribution in [0.5, 0.6) is 0 Å². The Balaban J connectivity index is 2.63. The number of Topliss-reactive ketones (excluding diaryl/α,β-unsaturated/α-hetero) is 1. The van der Waals surface area contributed by atoms with Gasteiger partial charge in [-0.25, -0.2) is 4.79 Å². The highest BCUT2D eigenvalue weighted by molar-refractivity contribution is 5.88. The summed E-state index contributed by atoms with van der Waals surface area (Å²) in [7, 11) is 0. The highest BCUT2D eigenvalue weighted by atomic mass is 16.6. The molecule has 2 N–H and O–H groups in total. The number of rotatable bonds is 1. The lowest BCUT2D eigenvalue weighted by Crippen LogP contribution is -2.43. The van der Waals surface area contributed by atoms with Gasteiger partial charge in [-0.15, -0.1) is 0 Å². The van der Waals surface area contributed by atoms with Gasteiger partial charge < -0.3 is 10.5 Å². The minimum atomic E-state index is -0.540. The third-order valence-corrected chi connectivity index (χ3v) is 2.15. The van der Waals surface area contributed by atoms with Gasteiger partial charge in [0.05, 0.1) is 12.6 Å². The van der Waals surface area contributed by atoms with Crippen LogP contribution in [0.2, 0.25) is 0 Å². The van der Waals surface area contributed by atoms with Gasteiger partial charge in [-0.1, -0.05) is 0 Å². The lowest BCUT2D eigenvalue weighted by Gasteiger charge is -2.27. The summed E-state index contributed by atoms with van der Waals surface area (Å²) in [6.07, 6.45) is -0.112. The molecule has 0 aromatic heterocycles. The van der Waals surface area contributed by atoms with Crippen molar-refractivity contribution < 1.29 is 14.3 Å². The molecule has 0 saturated carbocycles. The summed E-state index contributed by atoms with van der Waals surface area (Å²) < 4.78 is 5.18. The van der Waals surface area contributed by atoms with Crippen molar-refractivity contribution in [3.8, 4) is 0 Å². The van der Waals surface area contributed by atoms with E-state index in [0.29, 0.717) is 13.0 Å². The molecule has 86 valence electrons. The summed E-state index contributed by atoms with van der Waals surface area (Å²) in [4.78, 5) is 24.3. The smallest absolute Gasteiger partial charge is 0.410 e. The molecule has 0 aromatic carbocycles. The zero-order chi connectivity index (χ0) is 11.6. The Labute approximate surface area is 89.6 Å². The van der Waals surface area contributed by atoms with Crippen LogP contribution < -0.4 is 5.73 Å². The molecule has 1 rings (SSSR count). The van der Waals surface area contributed by atoms with Crippen molar-refractivity contribution >= 4 is 11.9 Å². The predicted octanol–water partition coefficient (Wildman–Crippen LogP) is 0.524. The van der Waals surface area contributed by atoms with E-state index in [4.69, 9.17) is 10.5 Å². The number of carbonyl (C=O) groups is 2. The second kappa shape index (κ2) is 4.18. The fourth-order valence-electron chi connectivity index (χ4n) is 1.50. The second-order valence-electron chi connectivity index (χ2n) is 4.74. The zero-order valence-electron chi connectivity index (χ0n) is 9.45. The van der Waals surface area contributed by atoms with Crippen molar-refractivity contribution in [2.75, 3.05) is 13.1 Å². The van der Waals surface area contributed by atoms with E-state index in [0.717, 1.165) is 0 Å².